The minimum absolute atomic E-state index is 0.307. The first-order valence-corrected chi connectivity index (χ1v) is 9.75. The van der Waals surface area contributed by atoms with Gasteiger partial charge in [0.1, 0.15) is 12.1 Å². The fourth-order valence-electron chi connectivity index (χ4n) is 3.59. The van der Waals surface area contributed by atoms with Gasteiger partial charge >= 0.3 is 0 Å². The van der Waals surface area contributed by atoms with Crippen molar-refractivity contribution in [2.24, 2.45) is 0 Å². The highest BCUT2D eigenvalue weighted by Gasteiger charge is 2.50. The van der Waals surface area contributed by atoms with E-state index in [1.54, 1.807) is 0 Å². The number of hydrogen-bond donors (Lipinski definition) is 1. The number of halogens is 2. The van der Waals surface area contributed by atoms with E-state index in [0.29, 0.717) is 26.5 Å². The molecule has 154 valence electrons. The number of imide groups is 2. The third-order valence-electron chi connectivity index (χ3n) is 5.05. The normalized spacial score (nSPS) is 22.0. The van der Waals surface area contributed by atoms with Crippen molar-refractivity contribution < 1.29 is 24.4 Å². The standard InChI is InChI=1S/C20H15Cl2N3O5/c21-11-1-5-13(6-2-11)23-17(26)9-15(19(23)28)25(30)16-10-18(27)24(20(16)29)14-7-3-12(22)4-8-14/h1-8,15-16,30H,9-10H2/t15-,16-/m1/s1. The third-order valence-corrected chi connectivity index (χ3v) is 5.56. The summed E-state index contributed by atoms with van der Waals surface area (Å²) in [5.74, 6) is -2.43. The molecule has 10 heteroatoms. The van der Waals surface area contributed by atoms with Crippen LogP contribution in [0.25, 0.3) is 0 Å². The lowest BCUT2D eigenvalue weighted by Gasteiger charge is -2.25. The van der Waals surface area contributed by atoms with E-state index in [1.165, 1.54) is 48.5 Å². The van der Waals surface area contributed by atoms with E-state index in [0.717, 1.165) is 9.80 Å². The van der Waals surface area contributed by atoms with Crippen LogP contribution in [-0.4, -0.2) is 46.0 Å². The Bertz CT molecular complexity index is 958. The lowest BCUT2D eigenvalue weighted by molar-refractivity contribution is -0.172. The van der Waals surface area contributed by atoms with E-state index in [1.807, 2.05) is 0 Å². The summed E-state index contributed by atoms with van der Waals surface area (Å²) in [6, 6.07) is 9.61. The van der Waals surface area contributed by atoms with Gasteiger partial charge in [-0.1, -0.05) is 23.2 Å². The van der Waals surface area contributed by atoms with Crippen LogP contribution in [0.5, 0.6) is 0 Å². The first-order chi connectivity index (χ1) is 14.3. The molecule has 2 heterocycles. The number of carbonyl (C=O) groups excluding carboxylic acids is 4. The molecular weight excluding hydrogens is 433 g/mol. The van der Waals surface area contributed by atoms with Gasteiger partial charge in [0.15, 0.2) is 0 Å². The number of hydrogen-bond acceptors (Lipinski definition) is 6. The fourth-order valence-corrected chi connectivity index (χ4v) is 3.84. The molecule has 0 spiro atoms. The molecule has 8 nitrogen and oxygen atoms in total. The van der Waals surface area contributed by atoms with Crippen LogP contribution in [0.2, 0.25) is 10.0 Å². The van der Waals surface area contributed by atoms with Gasteiger partial charge in [-0.3, -0.25) is 19.2 Å². The summed E-state index contributed by atoms with van der Waals surface area (Å²) >= 11 is 11.7. The molecule has 0 aliphatic carbocycles. The van der Waals surface area contributed by atoms with Gasteiger partial charge in [-0.05, 0) is 48.5 Å². The lowest BCUT2D eigenvalue weighted by Crippen LogP contribution is -2.49. The van der Waals surface area contributed by atoms with Crippen LogP contribution in [-0.2, 0) is 19.2 Å². The summed E-state index contributed by atoms with van der Waals surface area (Å²) in [4.78, 5) is 52.4. The van der Waals surface area contributed by atoms with E-state index in [-0.39, 0.29) is 12.8 Å². The predicted octanol–water partition coefficient (Wildman–Crippen LogP) is 2.65. The Labute approximate surface area is 181 Å². The fraction of sp³-hybridized carbons (Fsp3) is 0.200. The Hall–Kier alpha value is -2.78. The zero-order chi connectivity index (χ0) is 21.6. The SMILES string of the molecule is O=C1C[C@@H](N(O)[C@@H]2CC(=O)N(c3ccc(Cl)cc3)C2=O)C(=O)N1c1ccc(Cl)cc1. The second-order valence-electron chi connectivity index (χ2n) is 6.91. The van der Waals surface area contributed by atoms with Crippen LogP contribution in [0.1, 0.15) is 12.8 Å². The Morgan fingerprint density at radius 1 is 0.700 bits per heavy atom. The first kappa shape index (κ1) is 20.5. The van der Waals surface area contributed by atoms with Gasteiger partial charge in [0.05, 0.1) is 24.2 Å². The van der Waals surface area contributed by atoms with Crippen molar-refractivity contribution >= 4 is 58.2 Å². The average molecular weight is 448 g/mol. The molecule has 2 aliphatic rings. The zero-order valence-corrected chi connectivity index (χ0v) is 16.9. The van der Waals surface area contributed by atoms with Crippen molar-refractivity contribution in [2.75, 3.05) is 9.80 Å². The molecule has 0 bridgehead atoms. The predicted molar refractivity (Wildman–Crippen MR) is 108 cm³/mol. The smallest absolute Gasteiger partial charge is 0.254 e. The van der Waals surface area contributed by atoms with Crippen LogP contribution < -0.4 is 9.80 Å². The molecule has 30 heavy (non-hydrogen) atoms. The maximum Gasteiger partial charge on any atom is 0.254 e. The molecule has 1 N–H and O–H groups in total. The van der Waals surface area contributed by atoms with Crippen molar-refractivity contribution in [1.82, 2.24) is 5.06 Å². The van der Waals surface area contributed by atoms with E-state index in [4.69, 9.17) is 23.2 Å². The molecule has 2 aromatic rings. The number of carbonyl (C=O) groups is 4. The van der Waals surface area contributed by atoms with Gasteiger partial charge in [-0.15, -0.1) is 0 Å². The Kier molecular flexibility index (Phi) is 5.33. The van der Waals surface area contributed by atoms with Crippen LogP contribution in [0.3, 0.4) is 0 Å². The van der Waals surface area contributed by atoms with Gasteiger partial charge < -0.3 is 5.21 Å². The molecule has 0 radical (unpaired) electrons. The molecule has 2 fully saturated rings. The highest BCUT2D eigenvalue weighted by Crippen LogP contribution is 2.31. The third kappa shape index (κ3) is 3.48. The summed E-state index contributed by atoms with van der Waals surface area (Å²) in [5.41, 5.74) is 0.615. The molecular formula is C20H15Cl2N3O5. The van der Waals surface area contributed by atoms with Crippen LogP contribution >= 0.6 is 23.2 Å². The Morgan fingerprint density at radius 2 is 1.03 bits per heavy atom. The topological polar surface area (TPSA) is 98.2 Å². The van der Waals surface area contributed by atoms with Crippen molar-refractivity contribution in [3.8, 4) is 0 Å². The van der Waals surface area contributed by atoms with E-state index >= 15 is 0 Å². The molecule has 2 atom stereocenters. The molecule has 0 aromatic heterocycles. The van der Waals surface area contributed by atoms with Crippen LogP contribution in [0.15, 0.2) is 48.5 Å². The van der Waals surface area contributed by atoms with E-state index in [9.17, 15) is 24.4 Å². The van der Waals surface area contributed by atoms with Crippen molar-refractivity contribution in [1.29, 1.82) is 0 Å². The summed E-state index contributed by atoms with van der Waals surface area (Å²) in [7, 11) is 0. The number of hydroxylamine groups is 2. The molecule has 0 saturated carbocycles. The molecule has 2 aliphatic heterocycles. The Morgan fingerprint density at radius 3 is 1.37 bits per heavy atom. The maximum atomic E-state index is 12.8. The average Bonchev–Trinajstić information content (AvgIpc) is 3.18. The number of amides is 4. The summed E-state index contributed by atoms with van der Waals surface area (Å²) in [5, 5.41) is 12.0. The minimum atomic E-state index is -1.28. The highest BCUT2D eigenvalue weighted by atomic mass is 35.5. The summed E-state index contributed by atoms with van der Waals surface area (Å²) in [6.45, 7) is 0. The van der Waals surface area contributed by atoms with Gasteiger partial charge in [0.25, 0.3) is 11.8 Å². The van der Waals surface area contributed by atoms with Gasteiger partial charge in [0, 0.05) is 10.0 Å². The quantitative estimate of drug-likeness (QED) is 0.571. The zero-order valence-electron chi connectivity index (χ0n) is 15.4. The molecule has 2 saturated heterocycles. The van der Waals surface area contributed by atoms with Crippen molar-refractivity contribution in [3.05, 3.63) is 58.6 Å². The number of anilines is 2. The van der Waals surface area contributed by atoms with Gasteiger partial charge in [0.2, 0.25) is 11.8 Å². The maximum absolute atomic E-state index is 12.8. The van der Waals surface area contributed by atoms with Gasteiger partial charge in [-0.25, -0.2) is 9.80 Å². The molecule has 4 amide bonds. The van der Waals surface area contributed by atoms with Crippen molar-refractivity contribution in [3.63, 3.8) is 0 Å². The monoisotopic (exact) mass is 447 g/mol. The van der Waals surface area contributed by atoms with E-state index in [2.05, 4.69) is 0 Å². The molecule has 0 unspecified atom stereocenters. The Balaban J connectivity index is 1.55. The number of rotatable bonds is 4. The lowest BCUT2D eigenvalue weighted by atomic mass is 10.1. The number of benzene rings is 2. The van der Waals surface area contributed by atoms with Crippen LogP contribution in [0.4, 0.5) is 11.4 Å². The van der Waals surface area contributed by atoms with Crippen molar-refractivity contribution in [2.45, 2.75) is 24.9 Å². The second kappa shape index (κ2) is 7.81. The minimum Gasteiger partial charge on any atom is -0.312 e. The van der Waals surface area contributed by atoms with Crippen LogP contribution in [0, 0.1) is 0 Å². The highest BCUT2D eigenvalue weighted by molar-refractivity contribution is 6.31. The number of nitrogens with zero attached hydrogens (tertiary/aromatic N) is 3. The molecule has 4 rings (SSSR count). The first-order valence-electron chi connectivity index (χ1n) is 9.00. The largest absolute Gasteiger partial charge is 0.312 e. The summed E-state index contributed by atoms with van der Waals surface area (Å²) < 4.78 is 0. The summed E-state index contributed by atoms with van der Waals surface area (Å²) in [6.07, 6.45) is -0.645. The molecule has 2 aromatic carbocycles. The second-order valence-corrected chi connectivity index (χ2v) is 7.78. The van der Waals surface area contributed by atoms with Gasteiger partial charge in [-0.2, -0.15) is 5.06 Å². The van der Waals surface area contributed by atoms with E-state index < -0.39 is 35.7 Å².